The van der Waals surface area contributed by atoms with Crippen LogP contribution in [-0.4, -0.2) is 66.8 Å². The molecule has 0 unspecified atom stereocenters. The molecule has 2 heterocycles. The number of furan rings is 1. The number of aryl methyl sites for hydroxylation is 1. The molecule has 1 aliphatic heterocycles. The number of amides is 3. The standard InChI is InChI=1S/C23H30N4O4/c1-2-18-7-3-4-8-19(18)25-21(28)17-26-12-14-27(15-13-26)22(29)10-5-11-24-23(30)20-9-6-16-31-20/h3-4,6-9,16H,2,5,10-15,17H2,1H3,(H,24,30)(H,25,28). The van der Waals surface area contributed by atoms with Crippen molar-refractivity contribution in [2.24, 2.45) is 0 Å². The van der Waals surface area contributed by atoms with Crippen LogP contribution in [0, 0.1) is 0 Å². The Bertz CT molecular complexity index is 873. The lowest BCUT2D eigenvalue weighted by atomic mass is 10.1. The highest BCUT2D eigenvalue weighted by atomic mass is 16.3. The Balaban J connectivity index is 1.32. The third-order valence-electron chi connectivity index (χ3n) is 5.36. The van der Waals surface area contributed by atoms with Crippen molar-refractivity contribution in [3.8, 4) is 0 Å². The lowest BCUT2D eigenvalue weighted by molar-refractivity contribution is -0.133. The van der Waals surface area contributed by atoms with Gasteiger partial charge in [0.2, 0.25) is 11.8 Å². The van der Waals surface area contributed by atoms with Crippen molar-refractivity contribution in [1.82, 2.24) is 15.1 Å². The highest BCUT2D eigenvalue weighted by Gasteiger charge is 2.22. The van der Waals surface area contributed by atoms with Gasteiger partial charge in [-0.05, 0) is 36.6 Å². The van der Waals surface area contributed by atoms with Crippen LogP contribution in [-0.2, 0) is 16.0 Å². The van der Waals surface area contributed by atoms with E-state index in [1.807, 2.05) is 29.2 Å². The van der Waals surface area contributed by atoms with E-state index in [2.05, 4.69) is 22.5 Å². The van der Waals surface area contributed by atoms with Crippen LogP contribution in [0.3, 0.4) is 0 Å². The highest BCUT2D eigenvalue weighted by molar-refractivity contribution is 5.93. The first kappa shape index (κ1) is 22.6. The molecule has 2 aromatic rings. The Labute approximate surface area is 182 Å². The lowest BCUT2D eigenvalue weighted by Gasteiger charge is -2.34. The van der Waals surface area contributed by atoms with Crippen LogP contribution in [0.1, 0.15) is 35.9 Å². The van der Waals surface area contributed by atoms with Gasteiger partial charge in [0.05, 0.1) is 12.8 Å². The summed E-state index contributed by atoms with van der Waals surface area (Å²) in [5.74, 6) is 0.0387. The number of nitrogens with zero attached hydrogens (tertiary/aromatic N) is 2. The fraction of sp³-hybridized carbons (Fsp3) is 0.435. The zero-order chi connectivity index (χ0) is 22.1. The predicted octanol–water partition coefficient (Wildman–Crippen LogP) is 2.13. The number of piperazine rings is 1. The van der Waals surface area contributed by atoms with Crippen molar-refractivity contribution < 1.29 is 18.8 Å². The van der Waals surface area contributed by atoms with Crippen LogP contribution in [0.15, 0.2) is 47.1 Å². The van der Waals surface area contributed by atoms with Gasteiger partial charge >= 0.3 is 0 Å². The second kappa shape index (κ2) is 11.3. The molecule has 1 aromatic heterocycles. The summed E-state index contributed by atoms with van der Waals surface area (Å²) in [4.78, 5) is 40.5. The number of carbonyl (C=O) groups is 3. The SMILES string of the molecule is CCc1ccccc1NC(=O)CN1CCN(C(=O)CCCNC(=O)c2ccco2)CC1. The number of benzene rings is 1. The van der Waals surface area contributed by atoms with Crippen LogP contribution in [0.2, 0.25) is 0 Å². The van der Waals surface area contributed by atoms with E-state index in [-0.39, 0.29) is 23.5 Å². The van der Waals surface area contributed by atoms with E-state index in [1.54, 1.807) is 12.1 Å². The molecule has 0 bridgehead atoms. The summed E-state index contributed by atoms with van der Waals surface area (Å²) in [7, 11) is 0. The van der Waals surface area contributed by atoms with E-state index in [1.165, 1.54) is 6.26 Å². The van der Waals surface area contributed by atoms with Gasteiger partial charge in [-0.1, -0.05) is 25.1 Å². The van der Waals surface area contributed by atoms with E-state index < -0.39 is 0 Å². The molecule has 3 amide bonds. The van der Waals surface area contributed by atoms with Crippen molar-refractivity contribution >= 4 is 23.4 Å². The van der Waals surface area contributed by atoms with E-state index in [0.29, 0.717) is 52.1 Å². The lowest BCUT2D eigenvalue weighted by Crippen LogP contribution is -2.50. The van der Waals surface area contributed by atoms with Gasteiger partial charge in [0, 0.05) is 44.8 Å². The minimum Gasteiger partial charge on any atom is -0.459 e. The first-order chi connectivity index (χ1) is 15.1. The Morgan fingerprint density at radius 2 is 1.81 bits per heavy atom. The summed E-state index contributed by atoms with van der Waals surface area (Å²) in [6.07, 6.45) is 3.27. The first-order valence-electron chi connectivity index (χ1n) is 10.8. The Kier molecular flexibility index (Phi) is 8.23. The van der Waals surface area contributed by atoms with Crippen molar-refractivity contribution in [3.63, 3.8) is 0 Å². The van der Waals surface area contributed by atoms with Gasteiger partial charge in [0.25, 0.3) is 5.91 Å². The minimum atomic E-state index is -0.272. The summed E-state index contributed by atoms with van der Waals surface area (Å²) in [6.45, 7) is 5.36. The average Bonchev–Trinajstić information content (AvgIpc) is 3.32. The molecule has 0 atom stereocenters. The molecule has 1 fully saturated rings. The van der Waals surface area contributed by atoms with Crippen molar-refractivity contribution in [3.05, 3.63) is 54.0 Å². The Morgan fingerprint density at radius 3 is 2.52 bits per heavy atom. The highest BCUT2D eigenvalue weighted by Crippen LogP contribution is 2.15. The number of nitrogens with one attached hydrogen (secondary N) is 2. The maximum absolute atomic E-state index is 12.4. The van der Waals surface area contributed by atoms with Gasteiger partial charge < -0.3 is 20.0 Å². The molecule has 0 saturated carbocycles. The van der Waals surface area contributed by atoms with Crippen LogP contribution < -0.4 is 10.6 Å². The summed E-state index contributed by atoms with van der Waals surface area (Å²) < 4.78 is 5.03. The molecule has 0 aliphatic carbocycles. The van der Waals surface area contributed by atoms with Crippen molar-refractivity contribution in [1.29, 1.82) is 0 Å². The monoisotopic (exact) mass is 426 g/mol. The molecular formula is C23H30N4O4. The molecule has 166 valence electrons. The fourth-order valence-corrected chi connectivity index (χ4v) is 3.59. The Morgan fingerprint density at radius 1 is 1.03 bits per heavy atom. The number of carbonyl (C=O) groups excluding carboxylic acids is 3. The first-order valence-corrected chi connectivity index (χ1v) is 10.8. The van der Waals surface area contributed by atoms with E-state index >= 15 is 0 Å². The quantitative estimate of drug-likeness (QED) is 0.599. The molecule has 3 rings (SSSR count). The molecule has 8 nitrogen and oxygen atoms in total. The van der Waals surface area contributed by atoms with Gasteiger partial charge in [-0.15, -0.1) is 0 Å². The second-order valence-electron chi connectivity index (χ2n) is 7.55. The molecule has 0 radical (unpaired) electrons. The Hall–Kier alpha value is -3.13. The van der Waals surface area contributed by atoms with Crippen LogP contribution in [0.5, 0.6) is 0 Å². The molecule has 1 aliphatic rings. The third kappa shape index (κ3) is 6.68. The smallest absolute Gasteiger partial charge is 0.286 e. The van der Waals surface area contributed by atoms with Crippen molar-refractivity contribution in [2.45, 2.75) is 26.2 Å². The molecule has 8 heteroatoms. The molecule has 1 aromatic carbocycles. The van der Waals surface area contributed by atoms with E-state index in [0.717, 1.165) is 17.7 Å². The summed E-state index contributed by atoms with van der Waals surface area (Å²) in [6, 6.07) is 11.1. The molecule has 0 spiro atoms. The number of rotatable bonds is 9. The average molecular weight is 427 g/mol. The van der Waals surface area contributed by atoms with E-state index in [9.17, 15) is 14.4 Å². The van der Waals surface area contributed by atoms with Gasteiger partial charge in [0.15, 0.2) is 5.76 Å². The molecule has 2 N–H and O–H groups in total. The second-order valence-corrected chi connectivity index (χ2v) is 7.55. The van der Waals surface area contributed by atoms with Crippen molar-refractivity contribution in [2.75, 3.05) is 44.6 Å². The molecular weight excluding hydrogens is 396 g/mol. The minimum absolute atomic E-state index is 0.0343. The molecule has 1 saturated heterocycles. The normalized spacial score (nSPS) is 14.3. The third-order valence-corrected chi connectivity index (χ3v) is 5.36. The largest absolute Gasteiger partial charge is 0.459 e. The number of hydrogen-bond donors (Lipinski definition) is 2. The van der Waals surface area contributed by atoms with Gasteiger partial charge in [-0.3, -0.25) is 19.3 Å². The fourth-order valence-electron chi connectivity index (χ4n) is 3.59. The summed E-state index contributed by atoms with van der Waals surface area (Å²) >= 11 is 0. The zero-order valence-corrected chi connectivity index (χ0v) is 17.9. The van der Waals surface area contributed by atoms with Crippen LogP contribution in [0.4, 0.5) is 5.69 Å². The maximum Gasteiger partial charge on any atom is 0.286 e. The molecule has 31 heavy (non-hydrogen) atoms. The van der Waals surface area contributed by atoms with Crippen LogP contribution in [0.25, 0.3) is 0 Å². The zero-order valence-electron chi connectivity index (χ0n) is 17.9. The van der Waals surface area contributed by atoms with Gasteiger partial charge in [-0.2, -0.15) is 0 Å². The number of para-hydroxylation sites is 1. The predicted molar refractivity (Wildman–Crippen MR) is 118 cm³/mol. The summed E-state index contributed by atoms with van der Waals surface area (Å²) in [5, 5.41) is 5.74. The maximum atomic E-state index is 12.4. The number of hydrogen-bond acceptors (Lipinski definition) is 5. The van der Waals surface area contributed by atoms with Crippen LogP contribution >= 0.6 is 0 Å². The topological polar surface area (TPSA) is 94.9 Å². The van der Waals surface area contributed by atoms with Gasteiger partial charge in [0.1, 0.15) is 0 Å². The van der Waals surface area contributed by atoms with E-state index in [4.69, 9.17) is 4.42 Å². The number of anilines is 1. The summed E-state index contributed by atoms with van der Waals surface area (Å²) in [5.41, 5.74) is 1.98. The van der Waals surface area contributed by atoms with Gasteiger partial charge in [-0.25, -0.2) is 0 Å².